The topological polar surface area (TPSA) is 32.3 Å². The van der Waals surface area contributed by atoms with E-state index in [4.69, 9.17) is 0 Å². The van der Waals surface area contributed by atoms with E-state index in [1.807, 2.05) is 11.9 Å². The average molecular weight is 330 g/mol. The second kappa shape index (κ2) is 8.85. The molecule has 4 heteroatoms. The lowest BCUT2D eigenvalue weighted by atomic mass is 10.0. The Bertz CT molecular complexity index is 590. The highest BCUT2D eigenvalue weighted by Crippen LogP contribution is 2.14. The van der Waals surface area contributed by atoms with Gasteiger partial charge in [-0.15, -0.1) is 0 Å². The molecule has 2 rings (SSSR count). The summed E-state index contributed by atoms with van der Waals surface area (Å²) in [7, 11) is 1.97. The van der Waals surface area contributed by atoms with Crippen molar-refractivity contribution >= 4 is 17.2 Å². The van der Waals surface area contributed by atoms with Gasteiger partial charge in [0.05, 0.1) is 6.54 Å². The molecular formula is C19H26N2OS. The van der Waals surface area contributed by atoms with Crippen molar-refractivity contribution in [3.05, 3.63) is 57.8 Å². The molecule has 2 aromatic rings. The van der Waals surface area contributed by atoms with Crippen molar-refractivity contribution in [1.29, 1.82) is 0 Å². The number of amides is 1. The Hall–Kier alpha value is -1.65. The third kappa shape index (κ3) is 6.16. The van der Waals surface area contributed by atoms with Crippen LogP contribution in [-0.2, 0) is 17.8 Å². The molecule has 0 spiro atoms. The van der Waals surface area contributed by atoms with E-state index in [2.05, 4.69) is 60.3 Å². The monoisotopic (exact) mass is 330 g/mol. The van der Waals surface area contributed by atoms with E-state index in [1.165, 1.54) is 16.7 Å². The first-order valence-corrected chi connectivity index (χ1v) is 9.04. The predicted octanol–water partition coefficient (Wildman–Crippen LogP) is 3.66. The van der Waals surface area contributed by atoms with E-state index < -0.39 is 0 Å². The Morgan fingerprint density at radius 3 is 2.52 bits per heavy atom. The standard InChI is InChI=1S/C19H26N2OS/c1-15(2)18-6-4-16(5-7-18)8-10-20-19(22)13-21(3)12-17-9-11-23-14-17/h4-7,9,11,14-15H,8,10,12-13H2,1-3H3,(H,20,22). The first kappa shape index (κ1) is 17.7. The van der Waals surface area contributed by atoms with E-state index in [1.54, 1.807) is 11.3 Å². The summed E-state index contributed by atoms with van der Waals surface area (Å²) >= 11 is 1.69. The third-order valence-electron chi connectivity index (χ3n) is 3.83. The number of carbonyl (C=O) groups is 1. The van der Waals surface area contributed by atoms with Gasteiger partial charge >= 0.3 is 0 Å². The Morgan fingerprint density at radius 2 is 1.91 bits per heavy atom. The summed E-state index contributed by atoms with van der Waals surface area (Å²) in [5, 5.41) is 7.18. The molecule has 1 heterocycles. The Kier molecular flexibility index (Phi) is 6.81. The fraction of sp³-hybridized carbons (Fsp3) is 0.421. The fourth-order valence-electron chi connectivity index (χ4n) is 2.47. The third-order valence-corrected chi connectivity index (χ3v) is 4.56. The quantitative estimate of drug-likeness (QED) is 0.801. The minimum Gasteiger partial charge on any atom is -0.355 e. The lowest BCUT2D eigenvalue weighted by Gasteiger charge is -2.15. The van der Waals surface area contributed by atoms with Crippen molar-refractivity contribution < 1.29 is 4.79 Å². The minimum absolute atomic E-state index is 0.0848. The van der Waals surface area contributed by atoms with Gasteiger partial charge in [-0.3, -0.25) is 9.69 Å². The number of hydrogen-bond donors (Lipinski definition) is 1. The maximum absolute atomic E-state index is 12.0. The molecule has 0 fully saturated rings. The molecule has 1 amide bonds. The van der Waals surface area contributed by atoms with E-state index in [0.29, 0.717) is 19.0 Å². The lowest BCUT2D eigenvalue weighted by molar-refractivity contribution is -0.122. The van der Waals surface area contributed by atoms with Crippen LogP contribution in [0, 0.1) is 0 Å². The molecule has 0 bridgehead atoms. The van der Waals surface area contributed by atoms with Gasteiger partial charge in [0.2, 0.25) is 5.91 Å². The molecule has 0 unspecified atom stereocenters. The van der Waals surface area contributed by atoms with Crippen LogP contribution < -0.4 is 5.32 Å². The van der Waals surface area contributed by atoms with Gasteiger partial charge in [-0.05, 0) is 52.9 Å². The number of carbonyl (C=O) groups excluding carboxylic acids is 1. The Morgan fingerprint density at radius 1 is 1.17 bits per heavy atom. The van der Waals surface area contributed by atoms with Crippen LogP contribution in [0.1, 0.15) is 36.5 Å². The SMILES string of the molecule is CC(C)c1ccc(CCNC(=O)CN(C)Cc2ccsc2)cc1. The number of thiophene rings is 1. The maximum atomic E-state index is 12.0. The summed E-state index contributed by atoms with van der Waals surface area (Å²) in [5.74, 6) is 0.643. The van der Waals surface area contributed by atoms with Gasteiger partial charge in [-0.25, -0.2) is 0 Å². The van der Waals surface area contributed by atoms with Crippen molar-refractivity contribution in [3.63, 3.8) is 0 Å². The molecule has 1 aromatic heterocycles. The molecule has 0 saturated carbocycles. The predicted molar refractivity (Wildman–Crippen MR) is 97.9 cm³/mol. The largest absolute Gasteiger partial charge is 0.355 e. The van der Waals surface area contributed by atoms with Gasteiger partial charge in [0.1, 0.15) is 0 Å². The van der Waals surface area contributed by atoms with Gasteiger partial charge < -0.3 is 5.32 Å². The van der Waals surface area contributed by atoms with E-state index >= 15 is 0 Å². The molecule has 1 aromatic carbocycles. The molecular weight excluding hydrogens is 304 g/mol. The molecule has 0 aliphatic heterocycles. The average Bonchev–Trinajstić information content (AvgIpc) is 3.00. The molecule has 124 valence electrons. The van der Waals surface area contributed by atoms with Crippen molar-refractivity contribution in [2.24, 2.45) is 0 Å². The molecule has 0 atom stereocenters. The maximum Gasteiger partial charge on any atom is 0.234 e. The molecule has 0 saturated heterocycles. The van der Waals surface area contributed by atoms with Crippen LogP contribution in [0.2, 0.25) is 0 Å². The molecule has 0 aliphatic carbocycles. The highest BCUT2D eigenvalue weighted by Gasteiger charge is 2.07. The summed E-state index contributed by atoms with van der Waals surface area (Å²) in [4.78, 5) is 14.0. The summed E-state index contributed by atoms with van der Waals surface area (Å²) in [6.07, 6.45) is 0.873. The van der Waals surface area contributed by atoms with Crippen LogP contribution in [0.3, 0.4) is 0 Å². The van der Waals surface area contributed by atoms with Crippen LogP contribution in [0.25, 0.3) is 0 Å². The second-order valence-electron chi connectivity index (χ2n) is 6.30. The summed E-state index contributed by atoms with van der Waals surface area (Å²) < 4.78 is 0. The van der Waals surface area contributed by atoms with Crippen LogP contribution in [0.15, 0.2) is 41.1 Å². The summed E-state index contributed by atoms with van der Waals surface area (Å²) in [6.45, 7) is 6.32. The van der Waals surface area contributed by atoms with E-state index in [-0.39, 0.29) is 5.91 Å². The van der Waals surface area contributed by atoms with Crippen LogP contribution in [0.4, 0.5) is 0 Å². The van der Waals surface area contributed by atoms with Crippen molar-refractivity contribution in [3.8, 4) is 0 Å². The zero-order valence-electron chi connectivity index (χ0n) is 14.2. The molecule has 0 aliphatic rings. The number of nitrogens with zero attached hydrogens (tertiary/aromatic N) is 1. The lowest BCUT2D eigenvalue weighted by Crippen LogP contribution is -2.35. The highest BCUT2D eigenvalue weighted by molar-refractivity contribution is 7.07. The van der Waals surface area contributed by atoms with Crippen molar-refractivity contribution in [2.45, 2.75) is 32.7 Å². The van der Waals surface area contributed by atoms with Crippen LogP contribution in [-0.4, -0.2) is 30.9 Å². The Balaban J connectivity index is 1.68. The smallest absolute Gasteiger partial charge is 0.234 e. The summed E-state index contributed by atoms with van der Waals surface area (Å²) in [6, 6.07) is 10.8. The van der Waals surface area contributed by atoms with Crippen LogP contribution >= 0.6 is 11.3 Å². The first-order valence-electron chi connectivity index (χ1n) is 8.09. The van der Waals surface area contributed by atoms with Crippen molar-refractivity contribution in [2.75, 3.05) is 20.1 Å². The molecule has 0 radical (unpaired) electrons. The van der Waals surface area contributed by atoms with E-state index in [0.717, 1.165) is 13.0 Å². The van der Waals surface area contributed by atoms with Gasteiger partial charge in [0.15, 0.2) is 0 Å². The van der Waals surface area contributed by atoms with Gasteiger partial charge in [0, 0.05) is 13.1 Å². The van der Waals surface area contributed by atoms with Crippen molar-refractivity contribution in [1.82, 2.24) is 10.2 Å². The van der Waals surface area contributed by atoms with Gasteiger partial charge in [0.25, 0.3) is 0 Å². The number of nitrogens with one attached hydrogen (secondary N) is 1. The zero-order valence-corrected chi connectivity index (χ0v) is 15.0. The number of rotatable bonds is 8. The van der Waals surface area contributed by atoms with Gasteiger partial charge in [-0.2, -0.15) is 11.3 Å². The zero-order chi connectivity index (χ0) is 16.7. The second-order valence-corrected chi connectivity index (χ2v) is 7.08. The van der Waals surface area contributed by atoms with Gasteiger partial charge in [-0.1, -0.05) is 38.1 Å². The molecule has 1 N–H and O–H groups in total. The highest BCUT2D eigenvalue weighted by atomic mass is 32.1. The fourth-order valence-corrected chi connectivity index (χ4v) is 3.13. The number of likely N-dealkylation sites (N-methyl/N-ethyl adjacent to an activating group) is 1. The number of benzene rings is 1. The number of hydrogen-bond acceptors (Lipinski definition) is 3. The van der Waals surface area contributed by atoms with E-state index in [9.17, 15) is 4.79 Å². The molecule has 3 nitrogen and oxygen atoms in total. The minimum atomic E-state index is 0.0848. The first-order chi connectivity index (χ1) is 11.0. The molecule has 23 heavy (non-hydrogen) atoms. The normalized spacial score (nSPS) is 11.2. The summed E-state index contributed by atoms with van der Waals surface area (Å²) in [5.41, 5.74) is 3.88. The Labute approximate surface area is 143 Å². The van der Waals surface area contributed by atoms with Crippen LogP contribution in [0.5, 0.6) is 0 Å².